The van der Waals surface area contributed by atoms with Gasteiger partial charge >= 0.3 is 214 Å². The fourth-order valence-corrected chi connectivity index (χ4v) is 162. The number of rotatable bonds is 4. The van der Waals surface area contributed by atoms with Gasteiger partial charge in [-0.25, -0.2) is 0 Å². The largest absolute Gasteiger partial charge is 1.00 e. The Balaban J connectivity index is 0.00000160. The first-order valence-electron chi connectivity index (χ1n) is 14.0. The molecule has 2 atom stereocenters. The minimum atomic E-state index is -4.00. The van der Waals surface area contributed by atoms with Gasteiger partial charge in [0.1, 0.15) is 0 Å². The molecule has 0 N–H and O–H groups in total. The molecule has 0 heterocycles. The van der Waals surface area contributed by atoms with Gasteiger partial charge in [0.25, 0.3) is 0 Å². The molecule has 0 nitrogen and oxygen atoms in total. The van der Waals surface area contributed by atoms with Crippen LogP contribution in [0.2, 0.25) is 26.2 Å². The second kappa shape index (κ2) is 9.95. The summed E-state index contributed by atoms with van der Waals surface area (Å²) in [4.78, 5) is 0. The topological polar surface area (TPSA) is 0 Å². The molecular formula is C30H42Cl2HfSi4. The van der Waals surface area contributed by atoms with Crippen molar-refractivity contribution in [3.63, 3.8) is 0 Å². The van der Waals surface area contributed by atoms with Gasteiger partial charge in [-0.2, -0.15) is 0 Å². The van der Waals surface area contributed by atoms with E-state index in [2.05, 4.69) is 88.6 Å². The van der Waals surface area contributed by atoms with Gasteiger partial charge in [0, 0.05) is 0 Å². The maximum Gasteiger partial charge on any atom is -1.00 e. The Bertz CT molecular complexity index is 1590. The molecule has 2 aromatic carbocycles. The quantitative estimate of drug-likeness (QED) is 0.407. The standard InChI is InChI=1S/2C13H13.4CH4Si.2ClH.Hf/c2*1-9-7-11-3-2-4-12(10-5-6-10)13(11)8-9;4*1-2;;;/h2*2-4,7-8,10H,5-6H2,1H3;4*2H,1H3;2*1H;/q;;;;;;;;+2/p-2. The average Bonchev–Trinajstić information content (AvgIpc) is 3.81. The Labute approximate surface area is 237 Å². The molecule has 0 bridgehead atoms. The fourth-order valence-electron chi connectivity index (χ4n) is 9.37. The predicted octanol–water partition coefficient (Wildman–Crippen LogP) is 0.889. The van der Waals surface area contributed by atoms with Gasteiger partial charge in [-0.05, 0) is 0 Å². The molecule has 2 fully saturated rings. The van der Waals surface area contributed by atoms with Gasteiger partial charge in [-0.3, -0.25) is 0 Å². The smallest absolute Gasteiger partial charge is 1.00 e. The van der Waals surface area contributed by atoms with Crippen LogP contribution >= 0.6 is 0 Å². The summed E-state index contributed by atoms with van der Waals surface area (Å²) in [6.07, 6.45) is 13.0. The van der Waals surface area contributed by atoms with Gasteiger partial charge in [0.2, 0.25) is 0 Å². The zero-order valence-electron chi connectivity index (χ0n) is 23.3. The molecule has 0 radical (unpaired) electrons. The van der Waals surface area contributed by atoms with E-state index in [1.807, 2.05) is 0 Å². The number of hydrogen-bond acceptors (Lipinski definition) is 0. The molecule has 4 aliphatic rings. The number of hydrogen-bond donors (Lipinski definition) is 0. The molecule has 0 amide bonds. The second-order valence-corrected chi connectivity index (χ2v) is 149. The van der Waals surface area contributed by atoms with Gasteiger partial charge in [-0.1, -0.05) is 0 Å². The Hall–Kier alpha value is 0.238. The molecule has 4 aliphatic carbocycles. The van der Waals surface area contributed by atoms with Crippen molar-refractivity contribution in [2.75, 3.05) is 0 Å². The van der Waals surface area contributed by atoms with E-state index < -0.39 is 11.5 Å². The molecule has 2 unspecified atom stereocenters. The average molecular weight is 764 g/mol. The molecule has 196 valence electrons. The molecular weight excluding hydrogens is 722 g/mol. The fraction of sp³-hybridized carbons (Fsp3) is 0.467. The summed E-state index contributed by atoms with van der Waals surface area (Å²) in [5.41, 5.74) is 13.9. The maximum atomic E-state index is 2.77. The molecule has 7 heteroatoms. The van der Waals surface area contributed by atoms with Crippen molar-refractivity contribution in [1.29, 1.82) is 0 Å². The zero-order chi connectivity index (χ0) is 24.7. The van der Waals surface area contributed by atoms with Crippen LogP contribution in [0.1, 0.15) is 92.1 Å². The van der Waals surface area contributed by atoms with E-state index in [1.165, 1.54) is 25.7 Å². The van der Waals surface area contributed by atoms with Gasteiger partial charge in [0.05, 0.1) is 0 Å². The predicted molar refractivity (Wildman–Crippen MR) is 162 cm³/mol. The SMILES string of the molecule is C[SiH]=[Hf+2](=[SiH]C)(=[SiH]C)(=[SiH]C)([CH]1C(C)=Cc2c(C3CC3)cccc21)[CH]1C(C)=Cc2c(C3CC3)cccc21.[Cl-].[Cl-]. The van der Waals surface area contributed by atoms with Crippen molar-refractivity contribution in [3.8, 4) is 0 Å². The van der Waals surface area contributed by atoms with Gasteiger partial charge in [0.15, 0.2) is 0 Å². The Morgan fingerprint density at radius 2 is 0.892 bits per heavy atom. The maximum absolute atomic E-state index is 4.00. The summed E-state index contributed by atoms with van der Waals surface area (Å²) in [6, 6.07) is 15.1. The van der Waals surface area contributed by atoms with E-state index in [4.69, 9.17) is 0 Å². The summed E-state index contributed by atoms with van der Waals surface area (Å²) in [6.45, 7) is 16.2. The monoisotopic (exact) mass is 764 g/mol. The van der Waals surface area contributed by atoms with Crippen LogP contribution in [0.4, 0.5) is 0 Å². The number of allylic oxidation sites excluding steroid dienone is 2. The third kappa shape index (κ3) is 3.76. The van der Waals surface area contributed by atoms with Crippen LogP contribution in [-0.4, -0.2) is 24.9 Å². The van der Waals surface area contributed by atoms with Crippen LogP contribution < -0.4 is 24.8 Å². The third-order valence-corrected chi connectivity index (χ3v) is 228. The van der Waals surface area contributed by atoms with Crippen LogP contribution in [0, 0.1) is 0 Å². The molecule has 0 saturated heterocycles. The summed E-state index contributed by atoms with van der Waals surface area (Å²) < 4.78 is 1.62. The molecule has 6 rings (SSSR count). The Morgan fingerprint density at radius 1 is 0.568 bits per heavy atom. The van der Waals surface area contributed by atoms with Crippen molar-refractivity contribution in [2.24, 2.45) is 0 Å². The van der Waals surface area contributed by atoms with E-state index in [9.17, 15) is 0 Å². The zero-order valence-corrected chi connectivity index (χ0v) is 33.0. The molecule has 37 heavy (non-hydrogen) atoms. The number of benzene rings is 2. The van der Waals surface area contributed by atoms with Crippen LogP contribution in [0.3, 0.4) is 0 Å². The van der Waals surface area contributed by atoms with Crippen LogP contribution in [0.15, 0.2) is 47.5 Å². The van der Waals surface area contributed by atoms with E-state index in [-0.39, 0.29) is 24.8 Å². The molecule has 2 saturated carbocycles. The van der Waals surface area contributed by atoms with Gasteiger partial charge in [-0.15, -0.1) is 0 Å². The third-order valence-electron chi connectivity index (χ3n) is 11.7. The minimum absolute atomic E-state index is 0. The Kier molecular flexibility index (Phi) is 8.12. The first-order valence-corrected chi connectivity index (χ1v) is 50.0. The molecule has 0 aliphatic heterocycles. The number of fused-ring (bicyclic) bond motifs is 2. The first-order chi connectivity index (χ1) is 16.8. The van der Waals surface area contributed by atoms with Crippen molar-refractivity contribution in [2.45, 2.75) is 84.9 Å². The van der Waals surface area contributed by atoms with E-state index in [0.717, 1.165) is 19.2 Å². The van der Waals surface area contributed by atoms with Crippen LogP contribution in [0.5, 0.6) is 0 Å². The van der Waals surface area contributed by atoms with Crippen LogP contribution in [-0.2, 0) is 11.5 Å². The van der Waals surface area contributed by atoms with E-state index in [0.29, 0.717) is 24.9 Å². The Morgan fingerprint density at radius 3 is 1.19 bits per heavy atom. The van der Waals surface area contributed by atoms with Crippen molar-refractivity contribution in [3.05, 3.63) is 80.9 Å². The van der Waals surface area contributed by atoms with Crippen molar-refractivity contribution < 1.29 is 36.3 Å². The molecule has 2 aromatic rings. The summed E-state index contributed by atoms with van der Waals surface area (Å²) in [5.74, 6) is 1.68. The van der Waals surface area contributed by atoms with Crippen LogP contribution in [0.25, 0.3) is 12.2 Å². The second-order valence-electron chi connectivity index (χ2n) is 12.5. The summed E-state index contributed by atoms with van der Waals surface area (Å²) in [7, 11) is 0. The molecule has 0 aromatic heterocycles. The summed E-state index contributed by atoms with van der Waals surface area (Å²) in [5, 5.41) is 0. The van der Waals surface area contributed by atoms with Crippen molar-refractivity contribution >= 4 is 37.0 Å². The van der Waals surface area contributed by atoms with E-state index in [1.54, 1.807) is 44.5 Å². The normalized spacial score (nSPS) is 20.7. The van der Waals surface area contributed by atoms with Gasteiger partial charge < -0.3 is 24.8 Å². The first kappa shape index (κ1) is 30.2. The summed E-state index contributed by atoms with van der Waals surface area (Å²) >= 11 is -4.00. The minimum Gasteiger partial charge on any atom is -1.00 e. The van der Waals surface area contributed by atoms with E-state index >= 15 is 0 Å². The van der Waals surface area contributed by atoms with Crippen molar-refractivity contribution in [1.82, 2.24) is 0 Å². The molecule has 0 spiro atoms. The number of halogens is 2.